The monoisotopic (exact) mass is 436 g/mol. The summed E-state index contributed by atoms with van der Waals surface area (Å²) in [6, 6.07) is 17.9. The van der Waals surface area contributed by atoms with Gasteiger partial charge in [-0.15, -0.1) is 21.5 Å². The van der Waals surface area contributed by atoms with Crippen molar-refractivity contribution in [3.8, 4) is 22.7 Å². The highest BCUT2D eigenvalue weighted by atomic mass is 32.2. The smallest absolute Gasteiger partial charge is 0.277 e. The van der Waals surface area contributed by atoms with E-state index in [2.05, 4.69) is 51.7 Å². The third-order valence-electron chi connectivity index (χ3n) is 4.29. The van der Waals surface area contributed by atoms with Crippen molar-refractivity contribution < 1.29 is 9.21 Å². The van der Waals surface area contributed by atoms with Crippen LogP contribution in [0.4, 0.5) is 5.13 Å². The first-order valence-corrected chi connectivity index (χ1v) is 11.4. The van der Waals surface area contributed by atoms with E-state index in [0.717, 1.165) is 29.7 Å². The minimum atomic E-state index is -0.168. The van der Waals surface area contributed by atoms with Crippen LogP contribution in [-0.4, -0.2) is 26.8 Å². The van der Waals surface area contributed by atoms with E-state index in [9.17, 15) is 4.79 Å². The predicted octanol–water partition coefficient (Wildman–Crippen LogP) is 5.54. The maximum atomic E-state index is 12.3. The SMILES string of the molecule is CCCc1ccc(-c2csc(NC(=O)CSc3nnc(-c4ccccc4)o3)n2)cc1. The Bertz CT molecular complexity index is 1110. The van der Waals surface area contributed by atoms with Gasteiger partial charge < -0.3 is 9.73 Å². The Balaban J connectivity index is 1.31. The van der Waals surface area contributed by atoms with Gasteiger partial charge in [0.25, 0.3) is 5.22 Å². The van der Waals surface area contributed by atoms with Crippen molar-refractivity contribution >= 4 is 34.1 Å². The van der Waals surface area contributed by atoms with E-state index in [4.69, 9.17) is 4.42 Å². The van der Waals surface area contributed by atoms with Crippen LogP contribution in [0.25, 0.3) is 22.7 Å². The van der Waals surface area contributed by atoms with Crippen molar-refractivity contribution in [1.29, 1.82) is 0 Å². The molecule has 0 saturated heterocycles. The van der Waals surface area contributed by atoms with Crippen molar-refractivity contribution in [1.82, 2.24) is 15.2 Å². The second kappa shape index (κ2) is 9.69. The van der Waals surface area contributed by atoms with Crippen LogP contribution in [0, 0.1) is 0 Å². The van der Waals surface area contributed by atoms with Crippen LogP contribution < -0.4 is 5.32 Å². The number of aromatic nitrogens is 3. The molecule has 152 valence electrons. The third-order valence-corrected chi connectivity index (χ3v) is 5.87. The zero-order valence-electron chi connectivity index (χ0n) is 16.4. The maximum Gasteiger partial charge on any atom is 0.277 e. The molecule has 0 aliphatic heterocycles. The minimum Gasteiger partial charge on any atom is -0.411 e. The number of rotatable bonds is 8. The summed E-state index contributed by atoms with van der Waals surface area (Å²) in [6.45, 7) is 2.17. The number of anilines is 1. The number of hydrogen-bond donors (Lipinski definition) is 1. The molecule has 2 heterocycles. The molecule has 2 aromatic carbocycles. The highest BCUT2D eigenvalue weighted by Crippen LogP contribution is 2.26. The number of thioether (sulfide) groups is 1. The fraction of sp³-hybridized carbons (Fsp3) is 0.182. The average molecular weight is 437 g/mol. The zero-order valence-corrected chi connectivity index (χ0v) is 18.0. The van der Waals surface area contributed by atoms with Crippen LogP contribution in [0.3, 0.4) is 0 Å². The lowest BCUT2D eigenvalue weighted by molar-refractivity contribution is -0.113. The number of hydrogen-bond acceptors (Lipinski definition) is 7. The highest BCUT2D eigenvalue weighted by Gasteiger charge is 2.13. The molecule has 4 rings (SSSR count). The molecule has 0 bridgehead atoms. The van der Waals surface area contributed by atoms with E-state index in [1.807, 2.05) is 35.7 Å². The highest BCUT2D eigenvalue weighted by molar-refractivity contribution is 7.99. The molecular weight excluding hydrogens is 416 g/mol. The number of aryl methyl sites for hydroxylation is 1. The van der Waals surface area contributed by atoms with Crippen molar-refractivity contribution in [3.05, 3.63) is 65.5 Å². The summed E-state index contributed by atoms with van der Waals surface area (Å²) in [5.74, 6) is 0.434. The topological polar surface area (TPSA) is 80.9 Å². The Morgan fingerprint density at radius 1 is 1.07 bits per heavy atom. The summed E-state index contributed by atoms with van der Waals surface area (Å²) in [4.78, 5) is 16.8. The quantitative estimate of drug-likeness (QED) is 0.365. The third kappa shape index (κ3) is 5.14. The fourth-order valence-corrected chi connectivity index (χ4v) is 4.14. The molecule has 0 spiro atoms. The van der Waals surface area contributed by atoms with Crippen LogP contribution in [0.1, 0.15) is 18.9 Å². The number of nitrogens with one attached hydrogen (secondary N) is 1. The van der Waals surface area contributed by atoms with Gasteiger partial charge in [0.2, 0.25) is 11.8 Å². The summed E-state index contributed by atoms with van der Waals surface area (Å²) in [5.41, 5.74) is 4.06. The zero-order chi connectivity index (χ0) is 20.8. The number of nitrogens with zero attached hydrogens (tertiary/aromatic N) is 3. The number of amides is 1. The van der Waals surface area contributed by atoms with Crippen LogP contribution >= 0.6 is 23.1 Å². The molecule has 2 aromatic heterocycles. The van der Waals surface area contributed by atoms with E-state index in [-0.39, 0.29) is 11.7 Å². The van der Waals surface area contributed by atoms with Crippen molar-refractivity contribution in [3.63, 3.8) is 0 Å². The summed E-state index contributed by atoms with van der Waals surface area (Å²) in [6.07, 6.45) is 2.20. The average Bonchev–Trinajstić information content (AvgIpc) is 3.44. The first-order valence-electron chi connectivity index (χ1n) is 9.57. The van der Waals surface area contributed by atoms with Crippen molar-refractivity contribution in [2.75, 3.05) is 11.1 Å². The second-order valence-corrected chi connectivity index (χ2v) is 8.35. The number of thiazole rings is 1. The number of benzene rings is 2. The van der Waals surface area contributed by atoms with Gasteiger partial charge in [0.05, 0.1) is 11.4 Å². The largest absolute Gasteiger partial charge is 0.411 e. The lowest BCUT2D eigenvalue weighted by Gasteiger charge is -2.01. The molecule has 0 radical (unpaired) electrons. The predicted molar refractivity (Wildman–Crippen MR) is 121 cm³/mol. The van der Waals surface area contributed by atoms with Gasteiger partial charge in [-0.1, -0.05) is 67.6 Å². The molecule has 0 aliphatic carbocycles. The Labute approximate surface area is 182 Å². The molecule has 30 heavy (non-hydrogen) atoms. The molecule has 0 saturated carbocycles. The van der Waals surface area contributed by atoms with E-state index in [1.54, 1.807) is 0 Å². The molecule has 1 amide bonds. The molecular formula is C22H20N4O2S2. The molecule has 1 N–H and O–H groups in total. The van der Waals surface area contributed by atoms with Gasteiger partial charge in [-0.05, 0) is 24.1 Å². The first-order chi connectivity index (χ1) is 14.7. The number of carbonyl (C=O) groups is 1. The number of carbonyl (C=O) groups excluding carboxylic acids is 1. The summed E-state index contributed by atoms with van der Waals surface area (Å²) in [5, 5.41) is 13.7. The first kappa shape index (κ1) is 20.3. The van der Waals surface area contributed by atoms with E-state index < -0.39 is 0 Å². The van der Waals surface area contributed by atoms with Crippen LogP contribution in [0.15, 0.2) is 69.6 Å². The second-order valence-electron chi connectivity index (χ2n) is 6.56. The van der Waals surface area contributed by atoms with Gasteiger partial charge >= 0.3 is 0 Å². The van der Waals surface area contributed by atoms with Crippen molar-refractivity contribution in [2.45, 2.75) is 25.0 Å². The van der Waals surface area contributed by atoms with E-state index in [0.29, 0.717) is 16.2 Å². The molecule has 0 atom stereocenters. The lowest BCUT2D eigenvalue weighted by Crippen LogP contribution is -2.13. The van der Waals surface area contributed by atoms with Gasteiger partial charge in [-0.3, -0.25) is 4.79 Å². The minimum absolute atomic E-state index is 0.164. The Morgan fingerprint density at radius 3 is 2.63 bits per heavy atom. The molecule has 8 heteroatoms. The van der Waals surface area contributed by atoms with Gasteiger partial charge in [0.15, 0.2) is 5.13 Å². The maximum absolute atomic E-state index is 12.3. The Hall–Kier alpha value is -2.97. The molecule has 0 aliphatic rings. The Kier molecular flexibility index (Phi) is 6.56. The van der Waals surface area contributed by atoms with Crippen LogP contribution in [0.2, 0.25) is 0 Å². The molecule has 4 aromatic rings. The van der Waals surface area contributed by atoms with Crippen molar-refractivity contribution in [2.24, 2.45) is 0 Å². The molecule has 0 fully saturated rings. The molecule has 0 unspecified atom stereocenters. The molecule has 6 nitrogen and oxygen atoms in total. The Morgan fingerprint density at radius 2 is 1.87 bits per heavy atom. The summed E-state index contributed by atoms with van der Waals surface area (Å²) >= 11 is 2.60. The normalized spacial score (nSPS) is 10.8. The fourth-order valence-electron chi connectivity index (χ4n) is 2.84. The van der Waals surface area contributed by atoms with Gasteiger partial charge in [-0.2, -0.15) is 0 Å². The summed E-state index contributed by atoms with van der Waals surface area (Å²) < 4.78 is 5.61. The summed E-state index contributed by atoms with van der Waals surface area (Å²) in [7, 11) is 0. The van der Waals surface area contributed by atoms with Gasteiger partial charge in [0.1, 0.15) is 0 Å². The lowest BCUT2D eigenvalue weighted by atomic mass is 10.1. The van der Waals surface area contributed by atoms with Crippen LogP contribution in [-0.2, 0) is 11.2 Å². The van der Waals surface area contributed by atoms with Gasteiger partial charge in [-0.25, -0.2) is 4.98 Å². The van der Waals surface area contributed by atoms with E-state index in [1.165, 1.54) is 28.7 Å². The van der Waals surface area contributed by atoms with Crippen LogP contribution in [0.5, 0.6) is 0 Å². The van der Waals surface area contributed by atoms with E-state index >= 15 is 0 Å². The standard InChI is InChI=1S/C22H20N4O2S2/c1-2-6-15-9-11-16(12-10-15)18-13-29-21(23-18)24-19(27)14-30-22-26-25-20(28-22)17-7-4-3-5-8-17/h3-5,7-13H,2,6,14H2,1H3,(H,23,24,27). The van der Waals surface area contributed by atoms with Gasteiger partial charge in [0, 0.05) is 16.5 Å².